The number of nitrogens with two attached hydrogens (primary N) is 3. The molecule has 166 valence electrons. The number of nitrogen functional groups attached to an aromatic ring is 2. The third kappa shape index (κ3) is 4.56. The van der Waals surface area contributed by atoms with E-state index < -0.39 is 0 Å². The topological polar surface area (TPSA) is 158 Å². The highest BCUT2D eigenvalue weighted by Crippen LogP contribution is 2.32. The van der Waals surface area contributed by atoms with Gasteiger partial charge in [0.2, 0.25) is 5.95 Å². The largest absolute Gasteiger partial charge is 0.382 e. The maximum atomic E-state index is 6.28. The molecule has 32 heavy (non-hydrogen) atoms. The highest BCUT2D eigenvalue weighted by atomic mass is 35.5. The van der Waals surface area contributed by atoms with Gasteiger partial charge in [0.05, 0.1) is 28.8 Å². The van der Waals surface area contributed by atoms with E-state index in [2.05, 4.69) is 48.6 Å². The molecule has 0 aliphatic carbocycles. The molecule has 1 aliphatic heterocycles. The highest BCUT2D eigenvalue weighted by Gasteiger charge is 2.27. The monoisotopic (exact) mass is 452 g/mol. The van der Waals surface area contributed by atoms with Crippen LogP contribution in [0.3, 0.4) is 0 Å². The summed E-state index contributed by atoms with van der Waals surface area (Å²) in [4.78, 5) is 23.6. The minimum Gasteiger partial charge on any atom is -0.382 e. The van der Waals surface area contributed by atoms with Crippen molar-refractivity contribution in [1.29, 1.82) is 0 Å². The van der Waals surface area contributed by atoms with Crippen molar-refractivity contribution in [1.82, 2.24) is 24.9 Å². The Morgan fingerprint density at radius 3 is 2.66 bits per heavy atom. The molecule has 4 heterocycles. The van der Waals surface area contributed by atoms with Crippen molar-refractivity contribution >= 4 is 40.6 Å². The second kappa shape index (κ2) is 8.56. The molecular weight excluding hydrogens is 428 g/mol. The molecule has 7 N–H and O–H groups in total. The van der Waals surface area contributed by atoms with E-state index in [1.165, 1.54) is 12.4 Å². The quantitative estimate of drug-likeness (QED) is 0.453. The third-order valence-corrected chi connectivity index (χ3v) is 5.67. The first-order valence-electron chi connectivity index (χ1n) is 10.1. The van der Waals surface area contributed by atoms with Crippen molar-refractivity contribution in [2.75, 3.05) is 34.8 Å². The lowest BCUT2D eigenvalue weighted by molar-refractivity contribution is 0.364. The molecule has 11 heteroatoms. The molecule has 0 aromatic carbocycles. The summed E-state index contributed by atoms with van der Waals surface area (Å²) in [7, 11) is 0. The van der Waals surface area contributed by atoms with Crippen molar-refractivity contribution in [3.05, 3.63) is 48.0 Å². The molecule has 1 aliphatic rings. The molecule has 10 nitrogen and oxygen atoms in total. The van der Waals surface area contributed by atoms with E-state index in [-0.39, 0.29) is 17.3 Å². The van der Waals surface area contributed by atoms with Crippen LogP contribution in [0.2, 0.25) is 5.02 Å². The number of halogens is 1. The van der Waals surface area contributed by atoms with Gasteiger partial charge in [0.15, 0.2) is 11.6 Å². The Hall–Kier alpha value is -3.50. The van der Waals surface area contributed by atoms with E-state index in [4.69, 9.17) is 28.8 Å². The average Bonchev–Trinajstić information content (AvgIpc) is 2.76. The van der Waals surface area contributed by atoms with Crippen molar-refractivity contribution < 1.29 is 0 Å². The van der Waals surface area contributed by atoms with Gasteiger partial charge >= 0.3 is 0 Å². The summed E-state index contributed by atoms with van der Waals surface area (Å²) in [6, 6.07) is 3.91. The van der Waals surface area contributed by atoms with Gasteiger partial charge in [0.25, 0.3) is 0 Å². The summed E-state index contributed by atoms with van der Waals surface area (Å²) in [6.07, 6.45) is 6.39. The van der Waals surface area contributed by atoms with Gasteiger partial charge in [-0.3, -0.25) is 0 Å². The van der Waals surface area contributed by atoms with Gasteiger partial charge in [0, 0.05) is 24.8 Å². The zero-order valence-corrected chi connectivity index (χ0v) is 18.5. The minimum atomic E-state index is -0.147. The first kappa shape index (κ1) is 21.7. The fourth-order valence-corrected chi connectivity index (χ4v) is 3.69. The summed E-state index contributed by atoms with van der Waals surface area (Å²) < 4.78 is 0. The molecule has 3 aromatic rings. The van der Waals surface area contributed by atoms with Gasteiger partial charge in [-0.25, -0.2) is 24.9 Å². The summed E-state index contributed by atoms with van der Waals surface area (Å²) in [6.45, 7) is 7.86. The number of aromatic nitrogens is 5. The van der Waals surface area contributed by atoms with Crippen LogP contribution in [0.5, 0.6) is 0 Å². The van der Waals surface area contributed by atoms with Crippen LogP contribution in [0.1, 0.15) is 25.5 Å². The second-order valence-corrected chi connectivity index (χ2v) is 8.44. The lowest BCUT2D eigenvalue weighted by Crippen LogP contribution is -2.48. The standard InChI is InChI=1S/C21H25ClN10/c1-12(16-18(23)27-11-14(30-16)17-13(22)10-28-20(24)31-17)29-19-15(4-3-7-26-19)32-8-5-21(2,25)6-9-32/h3-4,7,10-11H,1,5-6,8-9,25H2,2H3,(H2,23,27)(H,26,29)(H2,24,28,31). The molecule has 0 bridgehead atoms. The molecule has 0 atom stereocenters. The maximum Gasteiger partial charge on any atom is 0.220 e. The average molecular weight is 453 g/mol. The molecular formula is C21H25ClN10. The van der Waals surface area contributed by atoms with Gasteiger partial charge in [-0.2, -0.15) is 0 Å². The smallest absolute Gasteiger partial charge is 0.220 e. The van der Waals surface area contributed by atoms with Crippen LogP contribution in [0.4, 0.5) is 23.3 Å². The van der Waals surface area contributed by atoms with Crippen molar-refractivity contribution in [3.63, 3.8) is 0 Å². The van der Waals surface area contributed by atoms with Crippen molar-refractivity contribution in [2.24, 2.45) is 5.73 Å². The number of hydrogen-bond donors (Lipinski definition) is 4. The Morgan fingerprint density at radius 2 is 1.91 bits per heavy atom. The first-order chi connectivity index (χ1) is 15.2. The fourth-order valence-electron chi connectivity index (χ4n) is 3.50. The lowest BCUT2D eigenvalue weighted by atomic mass is 9.91. The van der Waals surface area contributed by atoms with Crippen molar-refractivity contribution in [3.8, 4) is 11.4 Å². The van der Waals surface area contributed by atoms with Crippen LogP contribution in [0.25, 0.3) is 17.1 Å². The normalized spacial score (nSPS) is 15.4. The van der Waals surface area contributed by atoms with E-state index in [1.54, 1.807) is 6.20 Å². The SMILES string of the molecule is C=C(Nc1ncccc1N1CCC(C)(N)CC1)c1nc(-c2nc(N)ncc2Cl)cnc1N. The molecule has 0 amide bonds. The van der Waals surface area contributed by atoms with Gasteiger partial charge in [-0.05, 0) is 31.9 Å². The number of anilines is 4. The Balaban J connectivity index is 1.61. The summed E-state index contributed by atoms with van der Waals surface area (Å²) in [5, 5.41) is 3.54. The highest BCUT2D eigenvalue weighted by molar-refractivity contribution is 6.32. The van der Waals surface area contributed by atoms with Gasteiger partial charge < -0.3 is 27.4 Å². The van der Waals surface area contributed by atoms with Crippen LogP contribution in [0, 0.1) is 0 Å². The Morgan fingerprint density at radius 1 is 1.16 bits per heavy atom. The van der Waals surface area contributed by atoms with Crippen LogP contribution < -0.4 is 27.4 Å². The third-order valence-electron chi connectivity index (χ3n) is 5.39. The predicted octanol–water partition coefficient (Wildman–Crippen LogP) is 2.55. The maximum absolute atomic E-state index is 6.28. The minimum absolute atomic E-state index is 0.0785. The molecule has 4 rings (SSSR count). The molecule has 0 radical (unpaired) electrons. The molecule has 1 saturated heterocycles. The van der Waals surface area contributed by atoms with Crippen LogP contribution in [-0.4, -0.2) is 43.5 Å². The van der Waals surface area contributed by atoms with Gasteiger partial charge in [-0.15, -0.1) is 0 Å². The zero-order chi connectivity index (χ0) is 22.9. The molecule has 0 unspecified atom stereocenters. The van der Waals surface area contributed by atoms with Crippen molar-refractivity contribution in [2.45, 2.75) is 25.3 Å². The summed E-state index contributed by atoms with van der Waals surface area (Å²) in [5.41, 5.74) is 20.4. The van der Waals surface area contributed by atoms with Crippen LogP contribution in [0.15, 0.2) is 37.3 Å². The van der Waals surface area contributed by atoms with E-state index in [0.717, 1.165) is 31.6 Å². The Labute approximate surface area is 191 Å². The van der Waals surface area contributed by atoms with Gasteiger partial charge in [-0.1, -0.05) is 18.2 Å². The lowest BCUT2D eigenvalue weighted by Gasteiger charge is -2.38. The number of pyridine rings is 1. The van der Waals surface area contributed by atoms with Crippen LogP contribution in [-0.2, 0) is 0 Å². The number of hydrogen-bond acceptors (Lipinski definition) is 10. The van der Waals surface area contributed by atoms with Gasteiger partial charge in [0.1, 0.15) is 17.1 Å². The van der Waals surface area contributed by atoms with Crippen LogP contribution >= 0.6 is 11.6 Å². The second-order valence-electron chi connectivity index (χ2n) is 8.03. The molecule has 1 fully saturated rings. The molecule has 3 aromatic heterocycles. The first-order valence-corrected chi connectivity index (χ1v) is 10.5. The fraction of sp³-hybridized carbons (Fsp3) is 0.286. The predicted molar refractivity (Wildman–Crippen MR) is 128 cm³/mol. The molecule has 0 saturated carbocycles. The summed E-state index contributed by atoms with van der Waals surface area (Å²) in [5.74, 6) is 0.933. The van der Waals surface area contributed by atoms with E-state index in [9.17, 15) is 0 Å². The number of rotatable bonds is 5. The van der Waals surface area contributed by atoms with E-state index >= 15 is 0 Å². The molecule has 0 spiro atoms. The zero-order valence-electron chi connectivity index (χ0n) is 17.7. The number of nitrogens with one attached hydrogen (secondary N) is 1. The Kier molecular flexibility index (Phi) is 5.81. The Bertz CT molecular complexity index is 1150. The number of piperidine rings is 1. The summed E-state index contributed by atoms with van der Waals surface area (Å²) >= 11 is 6.22. The van der Waals surface area contributed by atoms with E-state index in [0.29, 0.717) is 33.6 Å². The number of nitrogens with zero attached hydrogens (tertiary/aromatic N) is 6. The van der Waals surface area contributed by atoms with E-state index in [1.807, 2.05) is 12.1 Å².